The van der Waals surface area contributed by atoms with Crippen LogP contribution in [-0.4, -0.2) is 4.57 Å². The van der Waals surface area contributed by atoms with Gasteiger partial charge in [0.25, 0.3) is 0 Å². The predicted molar refractivity (Wildman–Crippen MR) is 191 cm³/mol. The summed E-state index contributed by atoms with van der Waals surface area (Å²) in [7, 11) is 0. The van der Waals surface area contributed by atoms with Crippen molar-refractivity contribution in [2.45, 2.75) is 6.42 Å². The Morgan fingerprint density at radius 1 is 0.468 bits per heavy atom. The van der Waals surface area contributed by atoms with Crippen molar-refractivity contribution < 1.29 is 9.15 Å². The molecule has 0 aliphatic carbocycles. The summed E-state index contributed by atoms with van der Waals surface area (Å²) < 4.78 is 15.6. The maximum absolute atomic E-state index is 6.79. The number of aromatic nitrogens is 1. The normalized spacial score (nSPS) is 12.8. The maximum atomic E-state index is 6.79. The smallest absolute Gasteiger partial charge is 0.154 e. The number of anilines is 3. The summed E-state index contributed by atoms with van der Waals surface area (Å²) >= 11 is 0. The van der Waals surface area contributed by atoms with E-state index in [9.17, 15) is 0 Å². The highest BCUT2D eigenvalue weighted by molar-refractivity contribution is 6.15. The fraction of sp³-hybridized carbons (Fsp3) is 0.0233. The lowest BCUT2D eigenvalue weighted by Crippen LogP contribution is -2.13. The minimum absolute atomic E-state index is 0.861. The van der Waals surface area contributed by atoms with Crippen molar-refractivity contribution in [3.05, 3.63) is 157 Å². The van der Waals surface area contributed by atoms with Crippen molar-refractivity contribution in [3.63, 3.8) is 0 Å². The van der Waals surface area contributed by atoms with Gasteiger partial charge in [0.15, 0.2) is 11.5 Å². The molecule has 0 amide bonds. The Balaban J connectivity index is 1.20. The molecular formula is C43H26N2O2. The van der Waals surface area contributed by atoms with Gasteiger partial charge in [-0.1, -0.05) is 91.0 Å². The standard InChI is InChI=1S/C43H26N2O2/c1-2-9-26(10-3-1)27-11-6-14-30(22-27)44(31-19-20-34-33-15-4-5-17-37(33)46-39(34)24-31)32-23-36-35-16-7-12-28-21-29-13-8-18-38-42(29)45(41(28)35)43(36)40(25-32)47-38/h1-20,22-25H,21H2. The van der Waals surface area contributed by atoms with Crippen LogP contribution in [0.5, 0.6) is 11.5 Å². The lowest BCUT2D eigenvalue weighted by atomic mass is 9.97. The zero-order valence-electron chi connectivity index (χ0n) is 25.3. The summed E-state index contributed by atoms with van der Waals surface area (Å²) in [5, 5.41) is 4.67. The van der Waals surface area contributed by atoms with Crippen molar-refractivity contribution in [2.75, 3.05) is 4.90 Å². The van der Waals surface area contributed by atoms with Crippen molar-refractivity contribution in [1.29, 1.82) is 0 Å². The van der Waals surface area contributed by atoms with Crippen LogP contribution < -0.4 is 9.64 Å². The molecule has 9 aromatic rings. The van der Waals surface area contributed by atoms with E-state index in [1.165, 1.54) is 38.7 Å². The van der Waals surface area contributed by atoms with Crippen LogP contribution in [0.4, 0.5) is 17.1 Å². The first-order valence-corrected chi connectivity index (χ1v) is 16.1. The van der Waals surface area contributed by atoms with Gasteiger partial charge in [0, 0.05) is 51.5 Å². The third kappa shape index (κ3) is 3.47. The summed E-state index contributed by atoms with van der Waals surface area (Å²) in [6.45, 7) is 0. The molecule has 47 heavy (non-hydrogen) atoms. The van der Waals surface area contributed by atoms with Gasteiger partial charge in [-0.25, -0.2) is 0 Å². The Kier molecular flexibility index (Phi) is 4.86. The Labute approximate surface area is 270 Å². The van der Waals surface area contributed by atoms with Gasteiger partial charge < -0.3 is 18.6 Å². The number of benzene rings is 7. The van der Waals surface area contributed by atoms with Gasteiger partial charge >= 0.3 is 0 Å². The molecule has 2 aliphatic rings. The first kappa shape index (κ1) is 25.0. The van der Waals surface area contributed by atoms with Gasteiger partial charge in [-0.3, -0.25) is 0 Å². The highest BCUT2D eigenvalue weighted by atomic mass is 16.5. The highest BCUT2D eigenvalue weighted by Crippen LogP contribution is 2.52. The topological polar surface area (TPSA) is 30.5 Å². The monoisotopic (exact) mass is 602 g/mol. The van der Waals surface area contributed by atoms with E-state index in [4.69, 9.17) is 9.15 Å². The first-order valence-electron chi connectivity index (χ1n) is 16.1. The molecular weight excluding hydrogens is 576 g/mol. The van der Waals surface area contributed by atoms with Crippen LogP contribution in [0.15, 0.2) is 150 Å². The van der Waals surface area contributed by atoms with Gasteiger partial charge in [-0.2, -0.15) is 0 Å². The van der Waals surface area contributed by atoms with E-state index in [0.29, 0.717) is 0 Å². The van der Waals surface area contributed by atoms with Gasteiger partial charge in [0.05, 0.1) is 22.4 Å². The van der Waals surface area contributed by atoms with Gasteiger partial charge in [0.1, 0.15) is 11.2 Å². The van der Waals surface area contributed by atoms with Crippen LogP contribution in [0.2, 0.25) is 0 Å². The van der Waals surface area contributed by atoms with Crippen molar-refractivity contribution >= 4 is 60.8 Å². The molecule has 0 fully saturated rings. The van der Waals surface area contributed by atoms with E-state index in [1.807, 2.05) is 12.1 Å². The molecule has 11 rings (SSSR count). The molecule has 0 radical (unpaired) electrons. The van der Waals surface area contributed by atoms with E-state index >= 15 is 0 Å². The van der Waals surface area contributed by atoms with E-state index in [2.05, 4.69) is 143 Å². The number of furan rings is 1. The molecule has 4 heterocycles. The third-order valence-electron chi connectivity index (χ3n) is 9.91. The van der Waals surface area contributed by atoms with Crippen LogP contribution in [0.25, 0.3) is 60.6 Å². The molecule has 0 atom stereocenters. The fourth-order valence-corrected chi connectivity index (χ4v) is 7.91. The number of ether oxygens (including phenoxy) is 1. The fourth-order valence-electron chi connectivity index (χ4n) is 7.91. The molecule has 4 nitrogen and oxygen atoms in total. The first-order chi connectivity index (χ1) is 23.3. The zero-order chi connectivity index (χ0) is 30.6. The zero-order valence-corrected chi connectivity index (χ0v) is 25.3. The molecule has 0 N–H and O–H groups in total. The molecule has 2 aliphatic heterocycles. The van der Waals surface area contributed by atoms with Gasteiger partial charge in [0.2, 0.25) is 0 Å². The van der Waals surface area contributed by atoms with Crippen LogP contribution >= 0.6 is 0 Å². The number of para-hydroxylation sites is 3. The van der Waals surface area contributed by atoms with Gasteiger partial charge in [-0.15, -0.1) is 0 Å². The Morgan fingerprint density at radius 3 is 2.19 bits per heavy atom. The Bertz CT molecular complexity index is 2750. The van der Waals surface area contributed by atoms with Crippen LogP contribution in [-0.2, 0) is 6.42 Å². The average molecular weight is 603 g/mol. The summed E-state index contributed by atoms with van der Waals surface area (Å²) in [6, 6.07) is 51.8. The molecule has 0 bridgehead atoms. The molecule has 2 aromatic heterocycles. The SMILES string of the molecule is c1ccc(-c2cccc(N(c3ccc4c(c3)oc3ccccc34)c3cc4c5c(c3)c3cccc6c3n5-c3c(cccc3O4)C6)c2)cc1. The number of nitrogens with zero attached hydrogens (tertiary/aromatic N) is 2. The summed E-state index contributed by atoms with van der Waals surface area (Å²) in [5.74, 6) is 1.77. The quantitative estimate of drug-likeness (QED) is 0.201. The van der Waals surface area contributed by atoms with Crippen molar-refractivity contribution in [2.24, 2.45) is 0 Å². The number of rotatable bonds is 4. The molecule has 7 aromatic carbocycles. The average Bonchev–Trinajstić information content (AvgIpc) is 3.66. The lowest BCUT2D eigenvalue weighted by Gasteiger charge is -2.29. The molecule has 4 heteroatoms. The summed E-state index contributed by atoms with van der Waals surface area (Å²) in [4.78, 5) is 2.33. The predicted octanol–water partition coefficient (Wildman–Crippen LogP) is 11.8. The largest absolute Gasteiger partial charge is 0.456 e. The van der Waals surface area contributed by atoms with E-state index < -0.39 is 0 Å². The minimum atomic E-state index is 0.861. The Morgan fingerprint density at radius 2 is 1.23 bits per heavy atom. The van der Waals surface area contributed by atoms with Crippen molar-refractivity contribution in [3.8, 4) is 28.3 Å². The third-order valence-corrected chi connectivity index (χ3v) is 9.91. The second-order valence-corrected chi connectivity index (χ2v) is 12.6. The van der Waals surface area contributed by atoms with E-state index in [0.717, 1.165) is 68.0 Å². The molecule has 0 unspecified atom stereocenters. The van der Waals surface area contributed by atoms with E-state index in [1.54, 1.807) is 0 Å². The maximum Gasteiger partial charge on any atom is 0.154 e. The molecule has 220 valence electrons. The summed E-state index contributed by atoms with van der Waals surface area (Å²) in [5.41, 5.74) is 13.4. The van der Waals surface area contributed by atoms with E-state index in [-0.39, 0.29) is 0 Å². The molecule has 0 saturated heterocycles. The second-order valence-electron chi connectivity index (χ2n) is 12.6. The minimum Gasteiger partial charge on any atom is -0.456 e. The van der Waals surface area contributed by atoms with Gasteiger partial charge in [-0.05, 0) is 64.7 Å². The van der Waals surface area contributed by atoms with Crippen LogP contribution in [0.3, 0.4) is 0 Å². The molecule has 0 saturated carbocycles. The van der Waals surface area contributed by atoms with Crippen LogP contribution in [0, 0.1) is 0 Å². The number of hydrogen-bond acceptors (Lipinski definition) is 3. The second kappa shape index (κ2) is 9.15. The Hall–Kier alpha value is -6.26. The molecule has 0 spiro atoms. The number of hydrogen-bond donors (Lipinski definition) is 0. The lowest BCUT2D eigenvalue weighted by molar-refractivity contribution is 0.475. The van der Waals surface area contributed by atoms with Crippen LogP contribution in [0.1, 0.15) is 11.1 Å². The van der Waals surface area contributed by atoms with Crippen molar-refractivity contribution in [1.82, 2.24) is 4.57 Å². The number of fused-ring (bicyclic) bond motifs is 4. The summed E-state index contributed by atoms with van der Waals surface area (Å²) in [6.07, 6.45) is 0.901. The highest BCUT2D eigenvalue weighted by Gasteiger charge is 2.31.